The Morgan fingerprint density at radius 1 is 0.865 bits per heavy atom. The lowest BCUT2D eigenvalue weighted by Crippen LogP contribution is -2.46. The maximum absolute atomic E-state index is 12.5. The Labute approximate surface area is 216 Å². The number of carbonyl (C=O) groups is 2. The second-order valence-corrected chi connectivity index (χ2v) is 9.41. The summed E-state index contributed by atoms with van der Waals surface area (Å²) < 4.78 is 11.0. The third-order valence-electron chi connectivity index (χ3n) is 6.83. The molecule has 0 spiro atoms. The molecule has 37 heavy (non-hydrogen) atoms. The molecular weight excluding hydrogens is 470 g/mol. The summed E-state index contributed by atoms with van der Waals surface area (Å²) in [5.74, 6) is 1.82. The van der Waals surface area contributed by atoms with E-state index in [1.54, 1.807) is 18.2 Å². The van der Waals surface area contributed by atoms with Crippen molar-refractivity contribution in [3.63, 3.8) is 0 Å². The zero-order valence-corrected chi connectivity index (χ0v) is 21.4. The minimum Gasteiger partial charge on any atom is -0.486 e. The third kappa shape index (κ3) is 5.94. The second kappa shape index (κ2) is 11.0. The fourth-order valence-electron chi connectivity index (χ4n) is 4.70. The molecule has 1 fully saturated rings. The average molecular weight is 504 g/mol. The Kier molecular flexibility index (Phi) is 7.41. The molecule has 0 atom stereocenters. The van der Waals surface area contributed by atoms with Gasteiger partial charge in [-0.1, -0.05) is 6.92 Å². The smallest absolute Gasteiger partial charge is 0.224 e. The summed E-state index contributed by atoms with van der Waals surface area (Å²) in [7, 11) is 0. The van der Waals surface area contributed by atoms with Gasteiger partial charge in [-0.3, -0.25) is 9.59 Å². The van der Waals surface area contributed by atoms with Crippen LogP contribution >= 0.6 is 0 Å². The molecule has 3 heterocycles. The number of aryl methyl sites for hydroxylation is 1. The number of hydrogen-bond donors (Lipinski definition) is 2. The number of hydrogen-bond acceptors (Lipinski definition) is 7. The van der Waals surface area contributed by atoms with E-state index >= 15 is 0 Å². The van der Waals surface area contributed by atoms with Gasteiger partial charge in [-0.15, -0.1) is 0 Å². The number of amides is 2. The molecule has 3 aromatic rings. The molecule has 2 aromatic carbocycles. The highest BCUT2D eigenvalue weighted by Crippen LogP contribution is 2.32. The maximum atomic E-state index is 12.5. The number of carbonyl (C=O) groups excluding carboxylic acids is 2. The number of pyridine rings is 1. The molecule has 2 aliphatic heterocycles. The van der Waals surface area contributed by atoms with Crippen molar-refractivity contribution in [3.8, 4) is 11.5 Å². The molecule has 0 unspecified atom stereocenters. The minimum absolute atomic E-state index is 0.0725. The van der Waals surface area contributed by atoms with E-state index in [2.05, 4.69) is 40.3 Å². The van der Waals surface area contributed by atoms with Crippen LogP contribution in [-0.4, -0.2) is 67.6 Å². The number of rotatable bonds is 7. The first-order chi connectivity index (χ1) is 18.0. The van der Waals surface area contributed by atoms with Crippen molar-refractivity contribution in [1.29, 1.82) is 0 Å². The average Bonchev–Trinajstić information content (AvgIpc) is 2.92. The molecule has 2 aliphatic rings. The topological polar surface area (TPSA) is 96.0 Å². The fraction of sp³-hybridized carbons (Fsp3) is 0.393. The fourth-order valence-corrected chi connectivity index (χ4v) is 4.70. The van der Waals surface area contributed by atoms with Gasteiger partial charge in [0.2, 0.25) is 11.8 Å². The van der Waals surface area contributed by atoms with Gasteiger partial charge in [0.1, 0.15) is 19.0 Å². The van der Waals surface area contributed by atoms with Crippen molar-refractivity contribution in [1.82, 2.24) is 9.88 Å². The van der Waals surface area contributed by atoms with Crippen LogP contribution in [0.15, 0.2) is 42.5 Å². The van der Waals surface area contributed by atoms with Gasteiger partial charge in [0.15, 0.2) is 11.5 Å². The van der Waals surface area contributed by atoms with Gasteiger partial charge in [-0.25, -0.2) is 4.98 Å². The quantitative estimate of drug-likeness (QED) is 0.506. The molecular formula is C28H33N5O4. The first kappa shape index (κ1) is 24.8. The third-order valence-corrected chi connectivity index (χ3v) is 6.83. The molecule has 1 aromatic heterocycles. The summed E-state index contributed by atoms with van der Waals surface area (Å²) in [6, 6.07) is 13.1. The number of aromatic nitrogens is 1. The number of benzene rings is 2. The summed E-state index contributed by atoms with van der Waals surface area (Å²) in [4.78, 5) is 34.6. The van der Waals surface area contributed by atoms with Crippen molar-refractivity contribution in [2.75, 3.05) is 61.5 Å². The Bertz CT molecular complexity index is 1300. The highest BCUT2D eigenvalue weighted by Gasteiger charge is 2.18. The van der Waals surface area contributed by atoms with Gasteiger partial charge in [-0.2, -0.15) is 0 Å². The van der Waals surface area contributed by atoms with Crippen molar-refractivity contribution in [2.24, 2.45) is 0 Å². The molecule has 0 aliphatic carbocycles. The van der Waals surface area contributed by atoms with Crippen molar-refractivity contribution in [2.45, 2.75) is 26.7 Å². The lowest BCUT2D eigenvalue weighted by atomic mass is 10.1. The SMILES string of the molecule is CCN1CCN(c2cc(C)c3cc(NC(=O)CCC(=O)Nc4ccc5c(c4)OCCO5)ccc3n2)CC1. The molecule has 1 saturated heterocycles. The lowest BCUT2D eigenvalue weighted by molar-refractivity contribution is -0.121. The molecule has 194 valence electrons. The summed E-state index contributed by atoms with van der Waals surface area (Å²) in [6.07, 6.45) is 0.150. The van der Waals surface area contributed by atoms with Crippen LogP contribution in [0, 0.1) is 6.92 Å². The Balaban J connectivity index is 1.16. The molecule has 0 saturated carbocycles. The zero-order chi connectivity index (χ0) is 25.8. The van der Waals surface area contributed by atoms with E-state index in [9.17, 15) is 9.59 Å². The standard InChI is InChI=1S/C28H33N5O4/c1-3-32-10-12-33(13-11-32)26-16-19(2)22-17-20(4-6-23(22)31-26)29-27(34)8-9-28(35)30-21-5-7-24-25(18-21)37-15-14-36-24/h4-7,16-18H,3,8-15H2,1-2H3,(H,29,34)(H,30,35). The van der Waals surface area contributed by atoms with Crippen molar-refractivity contribution >= 4 is 39.9 Å². The largest absolute Gasteiger partial charge is 0.486 e. The number of piperazine rings is 1. The molecule has 9 heteroatoms. The normalized spacial score (nSPS) is 15.5. The van der Waals surface area contributed by atoms with Crippen LogP contribution < -0.4 is 25.0 Å². The van der Waals surface area contributed by atoms with E-state index in [4.69, 9.17) is 14.5 Å². The molecule has 0 bridgehead atoms. The van der Waals surface area contributed by atoms with Crippen molar-refractivity contribution in [3.05, 3.63) is 48.0 Å². The molecule has 2 N–H and O–H groups in total. The van der Waals surface area contributed by atoms with Crippen molar-refractivity contribution < 1.29 is 19.1 Å². The summed E-state index contributed by atoms with van der Waals surface area (Å²) in [5.41, 5.74) is 3.33. The number of nitrogens with zero attached hydrogens (tertiary/aromatic N) is 3. The van der Waals surface area contributed by atoms with Crippen LogP contribution in [-0.2, 0) is 9.59 Å². The van der Waals surface area contributed by atoms with Gasteiger partial charge in [0.25, 0.3) is 0 Å². The van der Waals surface area contributed by atoms with Crippen LogP contribution in [0.3, 0.4) is 0 Å². The number of nitrogens with one attached hydrogen (secondary N) is 2. The first-order valence-corrected chi connectivity index (χ1v) is 12.9. The van der Waals surface area contributed by atoms with Crippen LogP contribution in [0.5, 0.6) is 11.5 Å². The maximum Gasteiger partial charge on any atom is 0.224 e. The summed E-state index contributed by atoms with van der Waals surface area (Å²) >= 11 is 0. The van der Waals surface area contributed by atoms with Gasteiger partial charge >= 0.3 is 0 Å². The zero-order valence-electron chi connectivity index (χ0n) is 21.4. The van der Waals surface area contributed by atoms with Crippen LogP contribution in [0.25, 0.3) is 10.9 Å². The predicted molar refractivity (Wildman–Crippen MR) is 145 cm³/mol. The van der Waals surface area contributed by atoms with Crippen LogP contribution in [0.4, 0.5) is 17.2 Å². The highest BCUT2D eigenvalue weighted by molar-refractivity contribution is 5.98. The van der Waals surface area contributed by atoms with E-state index in [1.165, 1.54) is 0 Å². The highest BCUT2D eigenvalue weighted by atomic mass is 16.6. The van der Waals surface area contributed by atoms with Crippen LogP contribution in [0.2, 0.25) is 0 Å². The lowest BCUT2D eigenvalue weighted by Gasteiger charge is -2.35. The van der Waals surface area contributed by atoms with Gasteiger partial charge in [-0.05, 0) is 55.4 Å². The van der Waals surface area contributed by atoms with Gasteiger partial charge < -0.3 is 29.9 Å². The van der Waals surface area contributed by atoms with E-state index in [-0.39, 0.29) is 24.7 Å². The number of anilines is 3. The first-order valence-electron chi connectivity index (χ1n) is 12.9. The molecule has 9 nitrogen and oxygen atoms in total. The summed E-state index contributed by atoms with van der Waals surface area (Å²) in [5, 5.41) is 6.73. The van der Waals surface area contributed by atoms with Crippen LogP contribution in [0.1, 0.15) is 25.3 Å². The summed E-state index contributed by atoms with van der Waals surface area (Å²) in [6.45, 7) is 10.4. The van der Waals surface area contributed by atoms with Gasteiger partial charge in [0.05, 0.1) is 5.52 Å². The number of likely N-dealkylation sites (N-methyl/N-ethyl adjacent to an activating group) is 1. The van der Waals surface area contributed by atoms with E-state index < -0.39 is 0 Å². The van der Waals surface area contributed by atoms with E-state index in [1.807, 2.05) is 18.2 Å². The van der Waals surface area contributed by atoms with Gasteiger partial charge in [0, 0.05) is 61.8 Å². The predicted octanol–water partition coefficient (Wildman–Crippen LogP) is 3.81. The number of ether oxygens (including phenoxy) is 2. The molecule has 0 radical (unpaired) electrons. The minimum atomic E-state index is -0.238. The Hall–Kier alpha value is -3.85. The monoisotopic (exact) mass is 503 g/mol. The Morgan fingerprint density at radius 3 is 2.22 bits per heavy atom. The van der Waals surface area contributed by atoms with E-state index in [0.717, 1.165) is 55.0 Å². The molecule has 2 amide bonds. The number of fused-ring (bicyclic) bond motifs is 2. The second-order valence-electron chi connectivity index (χ2n) is 9.41. The van der Waals surface area contributed by atoms with E-state index in [0.29, 0.717) is 36.1 Å². The Morgan fingerprint density at radius 2 is 1.51 bits per heavy atom. The molecule has 5 rings (SSSR count).